The van der Waals surface area contributed by atoms with Crippen molar-refractivity contribution in [2.45, 2.75) is 25.2 Å². The molecule has 0 unspecified atom stereocenters. The Balaban J connectivity index is 1.69. The van der Waals surface area contributed by atoms with E-state index in [9.17, 15) is 4.79 Å². The molecule has 25 heavy (non-hydrogen) atoms. The molecule has 0 atom stereocenters. The van der Waals surface area contributed by atoms with Gasteiger partial charge in [-0.3, -0.25) is 9.48 Å². The number of nitrogens with zero attached hydrogens (tertiary/aromatic N) is 3. The molecule has 1 amide bonds. The summed E-state index contributed by atoms with van der Waals surface area (Å²) in [5, 5.41) is 9.31. The maximum absolute atomic E-state index is 12.9. The number of carbonyl (C=O) groups is 1. The highest BCUT2D eigenvalue weighted by atomic mass is 16.5. The Morgan fingerprint density at radius 1 is 1.28 bits per heavy atom. The third kappa shape index (κ3) is 2.73. The number of benzene rings is 1. The molecule has 128 valence electrons. The number of nitrogens with one attached hydrogen (secondary N) is 1. The van der Waals surface area contributed by atoms with E-state index >= 15 is 0 Å². The highest BCUT2D eigenvalue weighted by Crippen LogP contribution is 2.37. The minimum atomic E-state index is -0.127. The van der Waals surface area contributed by atoms with Crippen molar-refractivity contribution >= 4 is 22.4 Å². The van der Waals surface area contributed by atoms with Gasteiger partial charge >= 0.3 is 0 Å². The van der Waals surface area contributed by atoms with Crippen molar-refractivity contribution in [2.24, 2.45) is 7.05 Å². The molecule has 0 bridgehead atoms. The molecule has 3 aromatic rings. The molecule has 2 aromatic heterocycles. The van der Waals surface area contributed by atoms with E-state index in [2.05, 4.69) is 15.4 Å². The Kier molecular flexibility index (Phi) is 3.87. The zero-order valence-corrected chi connectivity index (χ0v) is 14.3. The van der Waals surface area contributed by atoms with E-state index in [-0.39, 0.29) is 5.91 Å². The molecule has 0 radical (unpaired) electrons. The number of ether oxygens (including phenoxy) is 1. The first kappa shape index (κ1) is 15.6. The zero-order valence-electron chi connectivity index (χ0n) is 14.3. The SMILES string of the molecule is COc1nccc2c(NC(=O)c3cn(C)nc3C3CCC3)cccc12. The lowest BCUT2D eigenvalue weighted by Gasteiger charge is -2.24. The summed E-state index contributed by atoms with van der Waals surface area (Å²) in [6, 6.07) is 7.58. The van der Waals surface area contributed by atoms with Gasteiger partial charge in [-0.2, -0.15) is 5.10 Å². The van der Waals surface area contributed by atoms with Gasteiger partial charge in [-0.1, -0.05) is 12.5 Å². The fourth-order valence-electron chi connectivity index (χ4n) is 3.31. The van der Waals surface area contributed by atoms with E-state index in [1.54, 1.807) is 24.2 Å². The van der Waals surface area contributed by atoms with Crippen LogP contribution in [0, 0.1) is 0 Å². The molecular weight excluding hydrogens is 316 g/mol. The van der Waals surface area contributed by atoms with Gasteiger partial charge < -0.3 is 10.1 Å². The number of anilines is 1. The van der Waals surface area contributed by atoms with Gasteiger partial charge in [-0.15, -0.1) is 0 Å². The molecule has 1 aliphatic rings. The van der Waals surface area contributed by atoms with E-state index in [0.29, 0.717) is 17.4 Å². The molecule has 6 heteroatoms. The number of pyridine rings is 1. The van der Waals surface area contributed by atoms with Crippen molar-refractivity contribution in [2.75, 3.05) is 12.4 Å². The van der Waals surface area contributed by atoms with E-state index in [4.69, 9.17) is 4.74 Å². The molecular formula is C19H20N4O2. The molecule has 1 aliphatic carbocycles. The van der Waals surface area contributed by atoms with Crippen molar-refractivity contribution in [3.63, 3.8) is 0 Å². The highest BCUT2D eigenvalue weighted by Gasteiger charge is 2.28. The Morgan fingerprint density at radius 2 is 2.12 bits per heavy atom. The monoisotopic (exact) mass is 336 g/mol. The van der Waals surface area contributed by atoms with Gasteiger partial charge in [0.05, 0.1) is 18.4 Å². The first-order valence-electron chi connectivity index (χ1n) is 8.44. The Hall–Kier alpha value is -2.89. The summed E-state index contributed by atoms with van der Waals surface area (Å²) in [7, 11) is 3.45. The van der Waals surface area contributed by atoms with Gasteiger partial charge in [-0.05, 0) is 31.0 Å². The van der Waals surface area contributed by atoms with Crippen molar-refractivity contribution in [1.82, 2.24) is 14.8 Å². The first-order chi connectivity index (χ1) is 12.2. The fraction of sp³-hybridized carbons (Fsp3) is 0.316. The number of hydrogen-bond acceptors (Lipinski definition) is 4. The number of rotatable bonds is 4. The van der Waals surface area contributed by atoms with Crippen LogP contribution in [0.2, 0.25) is 0 Å². The van der Waals surface area contributed by atoms with Crippen LogP contribution in [-0.4, -0.2) is 27.8 Å². The van der Waals surface area contributed by atoms with Crippen molar-refractivity contribution < 1.29 is 9.53 Å². The second-order valence-electron chi connectivity index (χ2n) is 6.40. The number of fused-ring (bicyclic) bond motifs is 1. The predicted molar refractivity (Wildman–Crippen MR) is 96.0 cm³/mol. The summed E-state index contributed by atoms with van der Waals surface area (Å²) in [6.07, 6.45) is 6.90. The number of hydrogen-bond donors (Lipinski definition) is 1. The van der Waals surface area contributed by atoms with Crippen molar-refractivity contribution in [3.05, 3.63) is 47.9 Å². The lowest BCUT2D eigenvalue weighted by Crippen LogP contribution is -2.18. The van der Waals surface area contributed by atoms with Gasteiger partial charge in [0, 0.05) is 41.8 Å². The lowest BCUT2D eigenvalue weighted by molar-refractivity contribution is 0.102. The van der Waals surface area contributed by atoms with Crippen LogP contribution in [0.15, 0.2) is 36.7 Å². The molecule has 0 aliphatic heterocycles. The Morgan fingerprint density at radius 3 is 2.84 bits per heavy atom. The topological polar surface area (TPSA) is 69.0 Å². The summed E-state index contributed by atoms with van der Waals surface area (Å²) in [5.41, 5.74) is 2.31. The van der Waals surface area contributed by atoms with Crippen LogP contribution < -0.4 is 10.1 Å². The second-order valence-corrected chi connectivity index (χ2v) is 6.40. The summed E-state index contributed by atoms with van der Waals surface area (Å²) in [5.74, 6) is 0.821. The van der Waals surface area contributed by atoms with Gasteiger partial charge in [0.1, 0.15) is 0 Å². The van der Waals surface area contributed by atoms with E-state index < -0.39 is 0 Å². The fourth-order valence-corrected chi connectivity index (χ4v) is 3.31. The minimum absolute atomic E-state index is 0.127. The van der Waals surface area contributed by atoms with E-state index in [0.717, 1.165) is 35.0 Å². The number of aryl methyl sites for hydroxylation is 1. The first-order valence-corrected chi connectivity index (χ1v) is 8.44. The minimum Gasteiger partial charge on any atom is -0.481 e. The summed E-state index contributed by atoms with van der Waals surface area (Å²) < 4.78 is 7.03. The average molecular weight is 336 g/mol. The van der Waals surface area contributed by atoms with Crippen LogP contribution in [-0.2, 0) is 7.05 Å². The van der Waals surface area contributed by atoms with Crippen LogP contribution >= 0.6 is 0 Å². The third-order valence-electron chi connectivity index (χ3n) is 4.80. The Bertz CT molecular complexity index is 944. The number of methoxy groups -OCH3 is 1. The molecule has 0 saturated heterocycles. The van der Waals surface area contributed by atoms with Crippen LogP contribution in [0.4, 0.5) is 5.69 Å². The summed E-state index contributed by atoms with van der Waals surface area (Å²) in [4.78, 5) is 17.1. The van der Waals surface area contributed by atoms with E-state index in [1.807, 2.05) is 31.3 Å². The predicted octanol–water partition coefficient (Wildman–Crippen LogP) is 3.50. The number of aromatic nitrogens is 3. The molecule has 1 aromatic carbocycles. The van der Waals surface area contributed by atoms with Crippen molar-refractivity contribution in [1.29, 1.82) is 0 Å². The van der Waals surface area contributed by atoms with E-state index in [1.165, 1.54) is 6.42 Å². The number of amides is 1. The lowest BCUT2D eigenvalue weighted by atomic mass is 9.81. The van der Waals surface area contributed by atoms with Gasteiger partial charge in [0.2, 0.25) is 5.88 Å². The van der Waals surface area contributed by atoms with Crippen LogP contribution in [0.25, 0.3) is 10.8 Å². The molecule has 1 N–H and O–H groups in total. The molecule has 2 heterocycles. The largest absolute Gasteiger partial charge is 0.481 e. The Labute approximate surface area is 145 Å². The zero-order chi connectivity index (χ0) is 17.4. The summed E-state index contributed by atoms with van der Waals surface area (Å²) >= 11 is 0. The molecule has 1 fully saturated rings. The maximum atomic E-state index is 12.9. The quantitative estimate of drug-likeness (QED) is 0.792. The smallest absolute Gasteiger partial charge is 0.259 e. The maximum Gasteiger partial charge on any atom is 0.259 e. The third-order valence-corrected chi connectivity index (χ3v) is 4.80. The summed E-state index contributed by atoms with van der Waals surface area (Å²) in [6.45, 7) is 0. The number of carbonyl (C=O) groups excluding carboxylic acids is 1. The van der Waals surface area contributed by atoms with Gasteiger partial charge in [0.25, 0.3) is 5.91 Å². The van der Waals surface area contributed by atoms with Crippen LogP contribution in [0.1, 0.15) is 41.2 Å². The standard InChI is InChI=1S/C19H20N4O2/c1-23-11-15(17(22-23)12-5-3-6-12)18(24)21-16-8-4-7-14-13(16)9-10-20-19(14)25-2/h4,7-12H,3,5-6H2,1-2H3,(H,21,24). The highest BCUT2D eigenvalue weighted by molar-refractivity contribution is 6.10. The molecule has 0 spiro atoms. The normalized spacial score (nSPS) is 14.3. The van der Waals surface area contributed by atoms with Crippen LogP contribution in [0.5, 0.6) is 5.88 Å². The molecule has 1 saturated carbocycles. The molecule has 6 nitrogen and oxygen atoms in total. The average Bonchev–Trinajstić information content (AvgIpc) is 2.94. The molecule has 4 rings (SSSR count). The van der Waals surface area contributed by atoms with Crippen LogP contribution in [0.3, 0.4) is 0 Å². The van der Waals surface area contributed by atoms with Crippen molar-refractivity contribution in [3.8, 4) is 5.88 Å². The van der Waals surface area contributed by atoms with Gasteiger partial charge in [0.15, 0.2) is 0 Å². The van der Waals surface area contributed by atoms with Gasteiger partial charge in [-0.25, -0.2) is 4.98 Å². The second kappa shape index (κ2) is 6.20.